The average molecular weight is 419 g/mol. The van der Waals surface area contributed by atoms with E-state index in [1.807, 2.05) is 12.1 Å². The zero-order valence-corrected chi connectivity index (χ0v) is 19.7. The lowest BCUT2D eigenvalue weighted by atomic mass is 10.1. The van der Waals surface area contributed by atoms with Gasteiger partial charge in [-0.1, -0.05) is 90.2 Å². The molecule has 0 saturated carbocycles. The monoisotopic (exact) mass is 418 g/mol. The second-order valence-electron chi connectivity index (χ2n) is 8.76. The standard InChI is InChI=1S/C26H46N2O2/c1-3-5-7-8-9-10-12-15-23-27(22-6-4-2)24-16-13-11-14-17-25-18-20-26(21-19-25)28(29)30/h18-21H,3-17,22-24H2,1-2H3. The van der Waals surface area contributed by atoms with E-state index in [0.29, 0.717) is 0 Å². The van der Waals surface area contributed by atoms with Crippen molar-refractivity contribution in [3.8, 4) is 0 Å². The largest absolute Gasteiger partial charge is 0.303 e. The van der Waals surface area contributed by atoms with Gasteiger partial charge in [-0.25, -0.2) is 0 Å². The summed E-state index contributed by atoms with van der Waals surface area (Å²) in [7, 11) is 0. The van der Waals surface area contributed by atoms with Gasteiger partial charge in [-0.15, -0.1) is 0 Å². The van der Waals surface area contributed by atoms with Crippen LogP contribution in [0, 0.1) is 10.1 Å². The molecule has 0 radical (unpaired) electrons. The van der Waals surface area contributed by atoms with Crippen LogP contribution in [0.5, 0.6) is 0 Å². The van der Waals surface area contributed by atoms with Crippen molar-refractivity contribution < 1.29 is 4.92 Å². The molecule has 0 N–H and O–H groups in total. The van der Waals surface area contributed by atoms with E-state index in [1.54, 1.807) is 12.1 Å². The summed E-state index contributed by atoms with van der Waals surface area (Å²) in [5, 5.41) is 10.7. The lowest BCUT2D eigenvalue weighted by Crippen LogP contribution is -2.27. The highest BCUT2D eigenvalue weighted by Gasteiger charge is 2.05. The van der Waals surface area contributed by atoms with Gasteiger partial charge in [0.15, 0.2) is 0 Å². The van der Waals surface area contributed by atoms with Gasteiger partial charge >= 0.3 is 0 Å². The van der Waals surface area contributed by atoms with Crippen molar-refractivity contribution in [2.24, 2.45) is 0 Å². The molecule has 0 fully saturated rings. The molecular formula is C26H46N2O2. The third kappa shape index (κ3) is 13.7. The van der Waals surface area contributed by atoms with Crippen molar-refractivity contribution in [1.29, 1.82) is 0 Å². The highest BCUT2D eigenvalue weighted by molar-refractivity contribution is 5.32. The maximum Gasteiger partial charge on any atom is 0.269 e. The number of hydrogen-bond acceptors (Lipinski definition) is 3. The fourth-order valence-electron chi connectivity index (χ4n) is 3.99. The number of rotatable bonds is 20. The van der Waals surface area contributed by atoms with E-state index >= 15 is 0 Å². The Labute approximate surface area is 185 Å². The van der Waals surface area contributed by atoms with Gasteiger partial charge in [0.1, 0.15) is 0 Å². The Morgan fingerprint density at radius 3 is 1.67 bits per heavy atom. The molecule has 0 aliphatic heterocycles. The van der Waals surface area contributed by atoms with E-state index in [4.69, 9.17) is 0 Å². The van der Waals surface area contributed by atoms with Crippen LogP contribution in [0.15, 0.2) is 24.3 Å². The number of nitrogens with zero attached hydrogens (tertiary/aromatic N) is 2. The topological polar surface area (TPSA) is 46.4 Å². The Morgan fingerprint density at radius 2 is 1.13 bits per heavy atom. The van der Waals surface area contributed by atoms with Crippen LogP contribution in [0.25, 0.3) is 0 Å². The summed E-state index contributed by atoms with van der Waals surface area (Å²) in [5.74, 6) is 0. The first kappa shape index (κ1) is 26.6. The molecule has 0 atom stereocenters. The summed E-state index contributed by atoms with van der Waals surface area (Å²) in [4.78, 5) is 13.1. The Kier molecular flexibility index (Phi) is 16.3. The third-order valence-electron chi connectivity index (χ3n) is 5.99. The Morgan fingerprint density at radius 1 is 0.667 bits per heavy atom. The average Bonchev–Trinajstić information content (AvgIpc) is 2.75. The summed E-state index contributed by atoms with van der Waals surface area (Å²) in [6.07, 6.45) is 19.8. The molecule has 1 rings (SSSR count). The second-order valence-corrected chi connectivity index (χ2v) is 8.76. The Balaban J connectivity index is 2.09. The molecule has 4 heteroatoms. The van der Waals surface area contributed by atoms with Gasteiger partial charge in [0.2, 0.25) is 0 Å². The van der Waals surface area contributed by atoms with Crippen LogP contribution in [0.4, 0.5) is 5.69 Å². The molecule has 1 aromatic carbocycles. The lowest BCUT2D eigenvalue weighted by molar-refractivity contribution is -0.384. The molecule has 0 spiro atoms. The summed E-state index contributed by atoms with van der Waals surface area (Å²) in [5.41, 5.74) is 1.39. The van der Waals surface area contributed by atoms with Gasteiger partial charge in [0.25, 0.3) is 5.69 Å². The minimum absolute atomic E-state index is 0.183. The summed E-state index contributed by atoms with van der Waals surface area (Å²) in [6, 6.07) is 7.03. The summed E-state index contributed by atoms with van der Waals surface area (Å²) < 4.78 is 0. The molecule has 0 aromatic heterocycles. The van der Waals surface area contributed by atoms with E-state index in [0.717, 1.165) is 6.42 Å². The molecule has 0 saturated heterocycles. The fourth-order valence-corrected chi connectivity index (χ4v) is 3.99. The number of aryl methyl sites for hydroxylation is 1. The van der Waals surface area contributed by atoms with Gasteiger partial charge in [-0.3, -0.25) is 10.1 Å². The smallest absolute Gasteiger partial charge is 0.269 e. The van der Waals surface area contributed by atoms with Crippen molar-refractivity contribution in [2.75, 3.05) is 19.6 Å². The normalized spacial score (nSPS) is 11.3. The molecule has 172 valence electrons. The van der Waals surface area contributed by atoms with E-state index in [1.165, 1.54) is 115 Å². The zero-order chi connectivity index (χ0) is 21.9. The van der Waals surface area contributed by atoms with E-state index in [-0.39, 0.29) is 10.6 Å². The third-order valence-corrected chi connectivity index (χ3v) is 5.99. The van der Waals surface area contributed by atoms with Crippen LogP contribution in [-0.4, -0.2) is 29.5 Å². The second kappa shape index (κ2) is 18.4. The van der Waals surface area contributed by atoms with Crippen LogP contribution in [0.3, 0.4) is 0 Å². The van der Waals surface area contributed by atoms with Crippen molar-refractivity contribution in [1.82, 2.24) is 4.90 Å². The maximum absolute atomic E-state index is 10.7. The zero-order valence-electron chi connectivity index (χ0n) is 19.7. The summed E-state index contributed by atoms with van der Waals surface area (Å²) >= 11 is 0. The highest BCUT2D eigenvalue weighted by atomic mass is 16.6. The van der Waals surface area contributed by atoms with Gasteiger partial charge in [0, 0.05) is 12.1 Å². The molecule has 0 amide bonds. The quantitative estimate of drug-likeness (QED) is 0.123. The number of nitro groups is 1. The molecule has 1 aromatic rings. The fraction of sp³-hybridized carbons (Fsp3) is 0.769. The maximum atomic E-state index is 10.7. The number of nitro benzene ring substituents is 1. The molecule has 0 unspecified atom stereocenters. The van der Waals surface area contributed by atoms with Crippen LogP contribution in [-0.2, 0) is 6.42 Å². The summed E-state index contributed by atoms with van der Waals surface area (Å²) in [6.45, 7) is 8.35. The van der Waals surface area contributed by atoms with Gasteiger partial charge in [0.05, 0.1) is 4.92 Å². The van der Waals surface area contributed by atoms with Crippen molar-refractivity contribution in [2.45, 2.75) is 110 Å². The number of hydrogen-bond donors (Lipinski definition) is 0. The number of unbranched alkanes of at least 4 members (excludes halogenated alkanes) is 11. The SMILES string of the molecule is CCCCCCCCCCN(CCCC)CCCCCCc1ccc([N+](=O)[O-])cc1. The van der Waals surface area contributed by atoms with E-state index in [2.05, 4.69) is 18.7 Å². The van der Waals surface area contributed by atoms with Crippen molar-refractivity contribution in [3.63, 3.8) is 0 Å². The van der Waals surface area contributed by atoms with Gasteiger partial charge in [-0.2, -0.15) is 0 Å². The molecule has 0 aliphatic carbocycles. The molecule has 0 heterocycles. The number of benzene rings is 1. The minimum atomic E-state index is -0.332. The number of non-ortho nitro benzene ring substituents is 1. The molecule has 0 aliphatic rings. The molecule has 30 heavy (non-hydrogen) atoms. The van der Waals surface area contributed by atoms with Crippen molar-refractivity contribution >= 4 is 5.69 Å². The molecular weight excluding hydrogens is 372 g/mol. The van der Waals surface area contributed by atoms with E-state index < -0.39 is 0 Å². The lowest BCUT2D eigenvalue weighted by Gasteiger charge is -2.22. The van der Waals surface area contributed by atoms with Crippen LogP contribution >= 0.6 is 0 Å². The Hall–Kier alpha value is -1.42. The minimum Gasteiger partial charge on any atom is -0.303 e. The van der Waals surface area contributed by atoms with E-state index in [9.17, 15) is 10.1 Å². The van der Waals surface area contributed by atoms with Gasteiger partial charge < -0.3 is 4.90 Å². The van der Waals surface area contributed by atoms with Crippen LogP contribution in [0.1, 0.15) is 109 Å². The first-order valence-corrected chi connectivity index (χ1v) is 12.6. The van der Waals surface area contributed by atoms with Crippen LogP contribution < -0.4 is 0 Å². The Bertz CT molecular complexity index is 530. The predicted molar refractivity (Wildman–Crippen MR) is 129 cm³/mol. The molecule has 0 bridgehead atoms. The highest BCUT2D eigenvalue weighted by Crippen LogP contribution is 2.15. The van der Waals surface area contributed by atoms with Crippen LogP contribution in [0.2, 0.25) is 0 Å². The first-order chi connectivity index (χ1) is 14.7. The first-order valence-electron chi connectivity index (χ1n) is 12.6. The predicted octanol–water partition coefficient (Wildman–Crippen LogP) is 7.94. The van der Waals surface area contributed by atoms with Gasteiger partial charge in [-0.05, 0) is 57.3 Å². The molecule has 4 nitrogen and oxygen atoms in total. The van der Waals surface area contributed by atoms with Crippen molar-refractivity contribution in [3.05, 3.63) is 39.9 Å².